The zero-order valence-electron chi connectivity index (χ0n) is 17.9. The number of ether oxygens (including phenoxy) is 1. The standard InChI is InChI=1S/C26H24FN3O3/c27-18-11-9-16(10-12-18)15-33-23-8-4-3-7-20(23)25(31)29-30-26(32)28-14-22-21-13-17-5-1-2-6-19(17)24(21)22/h1-12,21-22,24H,13-15H2,(H,29,31)(H2,28,30,32). The summed E-state index contributed by atoms with van der Waals surface area (Å²) in [6.07, 6.45) is 1.07. The van der Waals surface area contributed by atoms with Crippen molar-refractivity contribution in [3.63, 3.8) is 0 Å². The molecule has 0 spiro atoms. The molecule has 5 rings (SSSR count). The number of hydrogen-bond acceptors (Lipinski definition) is 3. The van der Waals surface area contributed by atoms with E-state index in [1.165, 1.54) is 23.3 Å². The predicted octanol–water partition coefficient (Wildman–Crippen LogP) is 3.93. The summed E-state index contributed by atoms with van der Waals surface area (Å²) in [6, 6.07) is 20.7. The second-order valence-corrected chi connectivity index (χ2v) is 8.46. The molecule has 3 unspecified atom stereocenters. The maximum atomic E-state index is 13.1. The van der Waals surface area contributed by atoms with E-state index >= 15 is 0 Å². The molecule has 2 aliphatic rings. The van der Waals surface area contributed by atoms with Crippen molar-refractivity contribution >= 4 is 11.9 Å². The highest BCUT2D eigenvalue weighted by Crippen LogP contribution is 2.60. The minimum absolute atomic E-state index is 0.186. The number of nitrogens with one attached hydrogen (secondary N) is 3. The second-order valence-electron chi connectivity index (χ2n) is 8.46. The average molecular weight is 445 g/mol. The lowest BCUT2D eigenvalue weighted by Gasteiger charge is -2.13. The van der Waals surface area contributed by atoms with Crippen LogP contribution in [0.2, 0.25) is 0 Å². The summed E-state index contributed by atoms with van der Waals surface area (Å²) in [5, 5.41) is 2.85. The Bertz CT molecular complexity index is 1180. The van der Waals surface area contributed by atoms with E-state index in [9.17, 15) is 14.0 Å². The summed E-state index contributed by atoms with van der Waals surface area (Å²) in [5.41, 5.74) is 8.71. The van der Waals surface area contributed by atoms with Crippen molar-refractivity contribution in [2.24, 2.45) is 11.8 Å². The van der Waals surface area contributed by atoms with Crippen LogP contribution in [0.4, 0.5) is 9.18 Å². The van der Waals surface area contributed by atoms with E-state index in [1.807, 2.05) is 0 Å². The normalized spacial score (nSPS) is 19.7. The van der Waals surface area contributed by atoms with Crippen molar-refractivity contribution in [1.29, 1.82) is 0 Å². The summed E-state index contributed by atoms with van der Waals surface area (Å²) >= 11 is 0. The van der Waals surface area contributed by atoms with Crippen LogP contribution in [-0.2, 0) is 13.0 Å². The van der Waals surface area contributed by atoms with Gasteiger partial charge in [0, 0.05) is 6.54 Å². The third-order valence-corrected chi connectivity index (χ3v) is 6.43. The molecule has 168 valence electrons. The van der Waals surface area contributed by atoms with Crippen LogP contribution in [0.3, 0.4) is 0 Å². The summed E-state index contributed by atoms with van der Waals surface area (Å²) in [6.45, 7) is 0.758. The molecule has 0 bridgehead atoms. The molecular formula is C26H24FN3O3. The van der Waals surface area contributed by atoms with Gasteiger partial charge >= 0.3 is 6.03 Å². The molecular weight excluding hydrogens is 421 g/mol. The minimum atomic E-state index is -0.489. The first-order chi connectivity index (χ1) is 16.1. The van der Waals surface area contributed by atoms with Gasteiger partial charge in [-0.2, -0.15) is 0 Å². The third-order valence-electron chi connectivity index (χ3n) is 6.43. The van der Waals surface area contributed by atoms with Gasteiger partial charge in [-0.1, -0.05) is 48.5 Å². The van der Waals surface area contributed by atoms with Crippen molar-refractivity contribution in [3.05, 3.63) is 101 Å². The number of fused-ring (bicyclic) bond motifs is 3. The molecule has 3 N–H and O–H groups in total. The maximum Gasteiger partial charge on any atom is 0.333 e. The van der Waals surface area contributed by atoms with Gasteiger partial charge in [0.25, 0.3) is 5.91 Å². The Morgan fingerprint density at radius 2 is 1.70 bits per heavy atom. The summed E-state index contributed by atoms with van der Waals surface area (Å²) in [4.78, 5) is 24.8. The van der Waals surface area contributed by atoms with Gasteiger partial charge in [-0.3, -0.25) is 10.2 Å². The van der Waals surface area contributed by atoms with Crippen LogP contribution in [0.5, 0.6) is 5.75 Å². The fourth-order valence-electron chi connectivity index (χ4n) is 4.72. The third kappa shape index (κ3) is 4.53. The van der Waals surface area contributed by atoms with E-state index in [0.717, 1.165) is 12.0 Å². The lowest BCUT2D eigenvalue weighted by molar-refractivity contribution is 0.0931. The molecule has 3 aromatic carbocycles. The number of halogens is 1. The van der Waals surface area contributed by atoms with Gasteiger partial charge in [0.2, 0.25) is 0 Å². The molecule has 0 radical (unpaired) electrons. The Morgan fingerprint density at radius 3 is 2.55 bits per heavy atom. The molecule has 1 saturated carbocycles. The largest absolute Gasteiger partial charge is 0.488 e. The maximum absolute atomic E-state index is 13.1. The van der Waals surface area contributed by atoms with Crippen molar-refractivity contribution in [2.75, 3.05) is 6.54 Å². The zero-order chi connectivity index (χ0) is 22.8. The molecule has 33 heavy (non-hydrogen) atoms. The lowest BCUT2D eigenvalue weighted by Crippen LogP contribution is -2.47. The predicted molar refractivity (Wildman–Crippen MR) is 121 cm³/mol. The quantitative estimate of drug-likeness (QED) is 0.503. The molecule has 6 nitrogen and oxygen atoms in total. The number of rotatable bonds is 6. The van der Waals surface area contributed by atoms with Crippen LogP contribution in [0.25, 0.3) is 0 Å². The van der Waals surface area contributed by atoms with Crippen LogP contribution in [0.1, 0.15) is 33.0 Å². The average Bonchev–Trinajstić information content (AvgIpc) is 3.38. The van der Waals surface area contributed by atoms with Gasteiger partial charge in [0.1, 0.15) is 18.2 Å². The van der Waals surface area contributed by atoms with Crippen molar-refractivity contribution in [2.45, 2.75) is 18.9 Å². The molecule has 0 aromatic heterocycles. The highest BCUT2D eigenvalue weighted by Gasteiger charge is 2.55. The van der Waals surface area contributed by atoms with E-state index in [-0.39, 0.29) is 18.0 Å². The van der Waals surface area contributed by atoms with Crippen LogP contribution in [-0.4, -0.2) is 18.5 Å². The molecule has 3 amide bonds. The first-order valence-corrected chi connectivity index (χ1v) is 11.0. The number of hydrazine groups is 1. The zero-order valence-corrected chi connectivity index (χ0v) is 17.9. The number of para-hydroxylation sites is 1. The Labute approximate surface area is 191 Å². The van der Waals surface area contributed by atoms with Crippen molar-refractivity contribution in [3.8, 4) is 5.75 Å². The minimum Gasteiger partial charge on any atom is -0.488 e. The van der Waals surface area contributed by atoms with E-state index in [1.54, 1.807) is 36.4 Å². The fraction of sp³-hybridized carbons (Fsp3) is 0.231. The highest BCUT2D eigenvalue weighted by molar-refractivity contribution is 5.97. The van der Waals surface area contributed by atoms with Crippen LogP contribution < -0.4 is 20.9 Å². The molecule has 0 heterocycles. The number of benzene rings is 3. The van der Waals surface area contributed by atoms with Gasteiger partial charge in [-0.15, -0.1) is 0 Å². The SMILES string of the molecule is O=C(NCC1C2Cc3ccccc3C12)NNC(=O)c1ccccc1OCc1ccc(F)cc1. The summed E-state index contributed by atoms with van der Waals surface area (Å²) in [7, 11) is 0. The van der Waals surface area contributed by atoms with Crippen LogP contribution in [0, 0.1) is 17.7 Å². The lowest BCUT2D eigenvalue weighted by atomic mass is 10.0. The highest BCUT2D eigenvalue weighted by atomic mass is 19.1. The molecule has 2 aliphatic carbocycles. The smallest absolute Gasteiger partial charge is 0.333 e. The number of amides is 3. The van der Waals surface area contributed by atoms with Gasteiger partial charge in [0.15, 0.2) is 0 Å². The molecule has 1 fully saturated rings. The first kappa shape index (κ1) is 21.0. The van der Waals surface area contributed by atoms with Gasteiger partial charge in [0.05, 0.1) is 5.56 Å². The topological polar surface area (TPSA) is 79.5 Å². The van der Waals surface area contributed by atoms with Crippen LogP contribution >= 0.6 is 0 Å². The van der Waals surface area contributed by atoms with Crippen LogP contribution in [0.15, 0.2) is 72.8 Å². The Balaban J connectivity index is 1.10. The Morgan fingerprint density at radius 1 is 0.939 bits per heavy atom. The Hall–Kier alpha value is -3.87. The molecule has 0 saturated heterocycles. The molecule has 3 aromatic rings. The van der Waals surface area contributed by atoms with Gasteiger partial charge < -0.3 is 10.1 Å². The van der Waals surface area contributed by atoms with E-state index in [4.69, 9.17) is 4.74 Å². The first-order valence-electron chi connectivity index (χ1n) is 11.0. The van der Waals surface area contributed by atoms with E-state index < -0.39 is 11.9 Å². The number of carbonyl (C=O) groups excluding carboxylic acids is 2. The van der Waals surface area contributed by atoms with E-state index in [2.05, 4.69) is 40.4 Å². The molecule has 0 aliphatic heterocycles. The number of hydrogen-bond donors (Lipinski definition) is 3. The summed E-state index contributed by atoms with van der Waals surface area (Å²) in [5.74, 6) is 1.13. The van der Waals surface area contributed by atoms with Crippen molar-refractivity contribution in [1.82, 2.24) is 16.2 Å². The van der Waals surface area contributed by atoms with E-state index in [0.29, 0.717) is 30.0 Å². The van der Waals surface area contributed by atoms with Gasteiger partial charge in [-0.05, 0) is 65.1 Å². The van der Waals surface area contributed by atoms with Gasteiger partial charge in [-0.25, -0.2) is 14.6 Å². The number of carbonyl (C=O) groups is 2. The molecule has 3 atom stereocenters. The monoisotopic (exact) mass is 445 g/mol. The fourth-order valence-corrected chi connectivity index (χ4v) is 4.72. The number of urea groups is 1. The molecule has 7 heteroatoms. The Kier molecular flexibility index (Phi) is 5.69. The summed E-state index contributed by atoms with van der Waals surface area (Å²) < 4.78 is 18.8. The van der Waals surface area contributed by atoms with Crippen molar-refractivity contribution < 1.29 is 18.7 Å². The second kappa shape index (κ2) is 8.94.